The number of aromatic hydroxyl groups is 1. The first-order valence-electron chi connectivity index (χ1n) is 16.3. The van der Waals surface area contributed by atoms with Crippen LogP contribution < -0.4 is 11.1 Å². The monoisotopic (exact) mass is 700 g/mol. The predicted octanol–water partition coefficient (Wildman–Crippen LogP) is 3.69. The molecule has 0 saturated carbocycles. The summed E-state index contributed by atoms with van der Waals surface area (Å²) in [7, 11) is -4.14. The molecule has 0 bridgehead atoms. The van der Waals surface area contributed by atoms with Crippen molar-refractivity contribution in [3.05, 3.63) is 70.2 Å². The number of aromatic nitrogens is 1. The second kappa shape index (κ2) is 16.1. The highest BCUT2D eigenvalue weighted by atomic mass is 32.2. The molecule has 48 heavy (non-hydrogen) atoms. The Morgan fingerprint density at radius 3 is 2.42 bits per heavy atom. The number of nitrogens with zero attached hydrogens (tertiary/aromatic N) is 4. The van der Waals surface area contributed by atoms with Gasteiger partial charge in [-0.1, -0.05) is 65.0 Å². The Balaban J connectivity index is 1.57. The minimum atomic E-state index is -4.14. The van der Waals surface area contributed by atoms with Gasteiger partial charge in [0, 0.05) is 31.6 Å². The van der Waals surface area contributed by atoms with Crippen LogP contribution in [0, 0.1) is 11.8 Å². The molecule has 262 valence electrons. The summed E-state index contributed by atoms with van der Waals surface area (Å²) in [5.41, 5.74) is 7.39. The smallest absolute Gasteiger partial charge is 0.321 e. The van der Waals surface area contributed by atoms with Gasteiger partial charge in [0.2, 0.25) is 15.9 Å². The van der Waals surface area contributed by atoms with E-state index in [-0.39, 0.29) is 53.7 Å². The summed E-state index contributed by atoms with van der Waals surface area (Å²) in [5, 5.41) is 27.5. The fourth-order valence-corrected chi connectivity index (χ4v) is 8.26. The molecule has 1 aliphatic rings. The summed E-state index contributed by atoms with van der Waals surface area (Å²) >= 11 is 1.56. The fraction of sp³-hybridized carbons (Fsp3) is 0.500. The Labute approximate surface area is 287 Å². The predicted molar refractivity (Wildman–Crippen MR) is 187 cm³/mol. The minimum Gasteiger partial charge on any atom is -0.506 e. The summed E-state index contributed by atoms with van der Waals surface area (Å²) in [6, 6.07) is 11.0. The number of hydrogen-bond donors (Lipinski definition) is 4. The number of aliphatic hydroxyl groups is 1. The van der Waals surface area contributed by atoms with Crippen LogP contribution in [-0.2, 0) is 34.2 Å². The van der Waals surface area contributed by atoms with Crippen molar-refractivity contribution in [1.82, 2.24) is 24.4 Å². The van der Waals surface area contributed by atoms with Crippen LogP contribution in [0.25, 0.3) is 0 Å². The number of rotatable bonds is 16. The Hall–Kier alpha value is -3.72. The first-order chi connectivity index (χ1) is 22.7. The minimum absolute atomic E-state index is 0.0811. The van der Waals surface area contributed by atoms with Gasteiger partial charge in [-0.05, 0) is 48.4 Å². The van der Waals surface area contributed by atoms with Gasteiger partial charge in [-0.25, -0.2) is 18.2 Å². The van der Waals surface area contributed by atoms with Gasteiger partial charge in [-0.2, -0.15) is 4.31 Å². The number of hydrogen-bond acceptors (Lipinski definition) is 9. The number of aryl methyl sites for hydroxylation is 1. The van der Waals surface area contributed by atoms with Gasteiger partial charge in [0.05, 0.1) is 40.0 Å². The van der Waals surface area contributed by atoms with Crippen LogP contribution >= 0.6 is 11.3 Å². The van der Waals surface area contributed by atoms with E-state index in [9.17, 15) is 28.2 Å². The number of benzene rings is 2. The van der Waals surface area contributed by atoms with Gasteiger partial charge >= 0.3 is 6.03 Å². The molecule has 5 N–H and O–H groups in total. The fourth-order valence-electron chi connectivity index (χ4n) is 5.87. The lowest BCUT2D eigenvalue weighted by molar-refractivity contribution is -0.128. The molecular formula is C34H48N6O6S2. The van der Waals surface area contributed by atoms with Crippen molar-refractivity contribution >= 4 is 39.0 Å². The molecule has 1 saturated heterocycles. The number of carbonyl (C=O) groups excluding carboxylic acids is 2. The van der Waals surface area contributed by atoms with Gasteiger partial charge in [-0.15, -0.1) is 11.3 Å². The number of nitrogens with two attached hydrogens (primary N) is 1. The number of thiazole rings is 1. The number of anilines is 1. The molecule has 0 radical (unpaired) electrons. The molecule has 14 heteroatoms. The maximum Gasteiger partial charge on any atom is 0.321 e. The van der Waals surface area contributed by atoms with Crippen LogP contribution in [0.3, 0.4) is 0 Å². The highest BCUT2D eigenvalue weighted by molar-refractivity contribution is 7.89. The third kappa shape index (κ3) is 9.04. The quantitative estimate of drug-likeness (QED) is 0.130. The molecule has 3 aromatic rings. The van der Waals surface area contributed by atoms with Crippen LogP contribution in [0.1, 0.15) is 50.9 Å². The Morgan fingerprint density at radius 1 is 1.10 bits per heavy atom. The average Bonchev–Trinajstić information content (AvgIpc) is 3.64. The van der Waals surface area contributed by atoms with Crippen LogP contribution in [0.15, 0.2) is 58.8 Å². The van der Waals surface area contributed by atoms with E-state index in [0.29, 0.717) is 19.6 Å². The summed E-state index contributed by atoms with van der Waals surface area (Å²) < 4.78 is 28.8. The Kier molecular flexibility index (Phi) is 12.5. The van der Waals surface area contributed by atoms with Crippen molar-refractivity contribution in [2.45, 2.75) is 77.1 Å². The van der Waals surface area contributed by atoms with Crippen LogP contribution in [0.5, 0.6) is 5.75 Å². The number of carbonyl (C=O) groups is 2. The summed E-state index contributed by atoms with van der Waals surface area (Å²) in [4.78, 5) is 35.4. The maximum absolute atomic E-state index is 14.1. The lowest BCUT2D eigenvalue weighted by atomic mass is 9.97. The molecule has 0 unspecified atom stereocenters. The molecule has 0 aliphatic carbocycles. The molecule has 4 rings (SSSR count). The first kappa shape index (κ1) is 37.1. The van der Waals surface area contributed by atoms with Crippen molar-refractivity contribution in [3.63, 3.8) is 0 Å². The van der Waals surface area contributed by atoms with Crippen LogP contribution in [-0.4, -0.2) is 94.0 Å². The van der Waals surface area contributed by atoms with E-state index in [4.69, 9.17) is 5.73 Å². The highest BCUT2D eigenvalue weighted by Gasteiger charge is 2.40. The van der Waals surface area contributed by atoms with Crippen LogP contribution in [0.2, 0.25) is 0 Å². The lowest BCUT2D eigenvalue weighted by Gasteiger charge is -2.34. The lowest BCUT2D eigenvalue weighted by Crippen LogP contribution is -2.57. The molecule has 2 heterocycles. The highest BCUT2D eigenvalue weighted by Crippen LogP contribution is 2.27. The standard InChI is InChI=1S/C34H48N6O6S2/c1-6-31-36-25(21-47-31)19-38-14-15-40(34(38)44)32(23(4)5)33(43)37-28(16-24-10-8-7-9-11-24)30(42)20-39(18-22(2)3)48(45,46)26-12-13-29(41)27(35)17-26/h7-13,17,21-23,28,30,32,41-42H,6,14-16,18-20,35H2,1-5H3,(H,37,43)/t28-,30-,32-/m0/s1. The third-order valence-corrected chi connectivity index (χ3v) is 11.2. The number of nitrogen functional groups attached to an aromatic ring is 1. The third-order valence-electron chi connectivity index (χ3n) is 8.30. The van der Waals surface area contributed by atoms with Gasteiger partial charge < -0.3 is 31.1 Å². The first-order valence-corrected chi connectivity index (χ1v) is 18.6. The number of nitrogens with one attached hydrogen (secondary N) is 1. The van der Waals surface area contributed by atoms with Crippen molar-refractivity contribution in [2.24, 2.45) is 11.8 Å². The van der Waals surface area contributed by atoms with E-state index in [2.05, 4.69) is 10.3 Å². The van der Waals surface area contributed by atoms with E-state index >= 15 is 0 Å². The van der Waals surface area contributed by atoms with Crippen LogP contribution in [0.4, 0.5) is 10.5 Å². The molecule has 3 atom stereocenters. The molecule has 1 aliphatic heterocycles. The van der Waals surface area contributed by atoms with Gasteiger partial charge in [0.1, 0.15) is 11.8 Å². The number of phenolic OH excluding ortho intramolecular Hbond substituents is 1. The second-order valence-electron chi connectivity index (χ2n) is 13.0. The number of aliphatic hydroxyl groups excluding tert-OH is 1. The van der Waals surface area contributed by atoms with E-state index in [1.165, 1.54) is 22.5 Å². The molecule has 0 spiro atoms. The summed E-state index contributed by atoms with van der Waals surface area (Å²) in [6.45, 7) is 10.5. The summed E-state index contributed by atoms with van der Waals surface area (Å²) in [6.07, 6.45) is -0.263. The number of phenols is 1. The topological polar surface area (TPSA) is 169 Å². The van der Waals surface area contributed by atoms with E-state index < -0.39 is 34.1 Å². The van der Waals surface area contributed by atoms with Gasteiger partial charge in [0.15, 0.2) is 0 Å². The largest absolute Gasteiger partial charge is 0.506 e. The van der Waals surface area contributed by atoms with Crippen molar-refractivity contribution in [2.75, 3.05) is 31.9 Å². The van der Waals surface area contributed by atoms with Crippen molar-refractivity contribution in [3.8, 4) is 5.75 Å². The maximum atomic E-state index is 14.1. The Morgan fingerprint density at radius 2 is 1.81 bits per heavy atom. The molecule has 12 nitrogen and oxygen atoms in total. The zero-order chi connectivity index (χ0) is 35.2. The van der Waals surface area contributed by atoms with E-state index in [1.54, 1.807) is 21.1 Å². The number of amides is 3. The second-order valence-corrected chi connectivity index (χ2v) is 15.9. The molecular weight excluding hydrogens is 653 g/mol. The zero-order valence-electron chi connectivity index (χ0n) is 28.2. The molecule has 2 aromatic carbocycles. The zero-order valence-corrected chi connectivity index (χ0v) is 29.9. The normalized spacial score (nSPS) is 15.8. The molecule has 3 amide bonds. The van der Waals surface area contributed by atoms with Gasteiger partial charge in [0.25, 0.3) is 0 Å². The average molecular weight is 701 g/mol. The number of sulfonamides is 1. The SMILES string of the molecule is CCc1nc(CN2CCN([C@H](C(=O)N[C@@H](Cc3ccccc3)[C@@H](O)CN(CC(C)C)S(=O)(=O)c3ccc(O)c(N)c3)C(C)C)C2=O)cs1. The van der Waals surface area contributed by atoms with E-state index in [1.807, 2.05) is 70.3 Å². The number of urea groups is 1. The summed E-state index contributed by atoms with van der Waals surface area (Å²) in [5.74, 6) is -0.988. The molecule has 1 fully saturated rings. The molecule has 1 aromatic heterocycles. The van der Waals surface area contributed by atoms with E-state index in [0.717, 1.165) is 22.7 Å². The van der Waals surface area contributed by atoms with Gasteiger partial charge in [-0.3, -0.25) is 4.79 Å². The van der Waals surface area contributed by atoms with Crippen molar-refractivity contribution < 1.29 is 28.2 Å². The Bertz CT molecular complexity index is 1650. The van der Waals surface area contributed by atoms with Crippen molar-refractivity contribution in [1.29, 1.82) is 0 Å².